The first-order valence-electron chi connectivity index (χ1n) is 4.66. The van der Waals surface area contributed by atoms with Gasteiger partial charge in [0.05, 0.1) is 11.2 Å². The van der Waals surface area contributed by atoms with E-state index < -0.39 is 0 Å². The largest absolute Gasteiger partial charge is 0.320 e. The normalized spacial score (nSPS) is 11.1. The van der Waals surface area contributed by atoms with Gasteiger partial charge in [-0.15, -0.1) is 0 Å². The average Bonchev–Trinajstić information content (AvgIpc) is 2.16. The van der Waals surface area contributed by atoms with Gasteiger partial charge in [0, 0.05) is 17.6 Å². The first-order chi connectivity index (χ1) is 6.68. The maximum atomic E-state index is 11.2. The SMILES string of the molecule is CC(C)c1nccc2ccc(=O)[nH]c12. The minimum Gasteiger partial charge on any atom is -0.320 e. The highest BCUT2D eigenvalue weighted by molar-refractivity contribution is 5.80. The monoisotopic (exact) mass is 188 g/mol. The molecule has 0 aliphatic heterocycles. The number of hydrogen-bond donors (Lipinski definition) is 1. The zero-order valence-electron chi connectivity index (χ0n) is 8.24. The van der Waals surface area contributed by atoms with Crippen molar-refractivity contribution in [3.63, 3.8) is 0 Å². The molecule has 0 spiro atoms. The van der Waals surface area contributed by atoms with E-state index in [1.165, 1.54) is 6.07 Å². The lowest BCUT2D eigenvalue weighted by Crippen LogP contribution is -2.05. The first-order valence-corrected chi connectivity index (χ1v) is 4.66. The molecule has 72 valence electrons. The Hall–Kier alpha value is -1.64. The lowest BCUT2D eigenvalue weighted by Gasteiger charge is -2.07. The smallest absolute Gasteiger partial charge is 0.248 e. The molecule has 14 heavy (non-hydrogen) atoms. The molecule has 0 bridgehead atoms. The fourth-order valence-corrected chi connectivity index (χ4v) is 1.54. The number of rotatable bonds is 1. The molecule has 3 heteroatoms. The molecule has 2 heterocycles. The fraction of sp³-hybridized carbons (Fsp3) is 0.273. The first kappa shape index (κ1) is 8.94. The quantitative estimate of drug-likeness (QED) is 0.744. The Kier molecular flexibility index (Phi) is 2.08. The van der Waals surface area contributed by atoms with E-state index in [4.69, 9.17) is 0 Å². The van der Waals surface area contributed by atoms with Gasteiger partial charge in [0.1, 0.15) is 0 Å². The van der Waals surface area contributed by atoms with Crippen molar-refractivity contribution in [2.75, 3.05) is 0 Å². The van der Waals surface area contributed by atoms with E-state index in [9.17, 15) is 4.79 Å². The number of aromatic amines is 1. The number of H-pyrrole nitrogens is 1. The molecule has 0 radical (unpaired) electrons. The van der Waals surface area contributed by atoms with Gasteiger partial charge in [0.2, 0.25) is 5.56 Å². The molecule has 0 fully saturated rings. The minimum atomic E-state index is -0.0765. The van der Waals surface area contributed by atoms with E-state index in [0.29, 0.717) is 5.92 Å². The molecule has 0 atom stereocenters. The number of fused-ring (bicyclic) bond motifs is 1. The summed E-state index contributed by atoms with van der Waals surface area (Å²) in [6.45, 7) is 4.13. The van der Waals surface area contributed by atoms with Crippen molar-refractivity contribution < 1.29 is 0 Å². The Labute approximate surface area is 81.8 Å². The predicted octanol–water partition coefficient (Wildman–Crippen LogP) is 2.05. The van der Waals surface area contributed by atoms with Crippen molar-refractivity contribution in [2.45, 2.75) is 19.8 Å². The molecule has 2 rings (SSSR count). The van der Waals surface area contributed by atoms with Gasteiger partial charge in [0.25, 0.3) is 0 Å². The van der Waals surface area contributed by atoms with Crippen molar-refractivity contribution in [3.8, 4) is 0 Å². The highest BCUT2D eigenvalue weighted by atomic mass is 16.1. The van der Waals surface area contributed by atoms with Crippen LogP contribution >= 0.6 is 0 Å². The molecule has 2 aromatic rings. The van der Waals surface area contributed by atoms with E-state index in [1.807, 2.05) is 12.1 Å². The summed E-state index contributed by atoms with van der Waals surface area (Å²) in [6.07, 6.45) is 1.77. The maximum Gasteiger partial charge on any atom is 0.248 e. The second-order valence-electron chi connectivity index (χ2n) is 3.64. The molecule has 1 N–H and O–H groups in total. The van der Waals surface area contributed by atoms with Crippen LogP contribution in [-0.4, -0.2) is 9.97 Å². The molecule has 0 saturated heterocycles. The lowest BCUT2D eigenvalue weighted by molar-refractivity contribution is 0.830. The second kappa shape index (κ2) is 3.25. The highest BCUT2D eigenvalue weighted by Gasteiger charge is 2.06. The zero-order chi connectivity index (χ0) is 10.1. The van der Waals surface area contributed by atoms with E-state index in [1.54, 1.807) is 6.20 Å². The van der Waals surface area contributed by atoms with Gasteiger partial charge in [-0.3, -0.25) is 9.78 Å². The third-order valence-corrected chi connectivity index (χ3v) is 2.22. The van der Waals surface area contributed by atoms with Crippen LogP contribution in [0.15, 0.2) is 29.2 Å². The van der Waals surface area contributed by atoms with Gasteiger partial charge in [-0.1, -0.05) is 13.8 Å². The summed E-state index contributed by atoms with van der Waals surface area (Å²) in [5.41, 5.74) is 1.72. The summed E-state index contributed by atoms with van der Waals surface area (Å²) in [7, 11) is 0. The number of pyridine rings is 2. The van der Waals surface area contributed by atoms with Crippen LogP contribution in [0.25, 0.3) is 10.9 Å². The Morgan fingerprint density at radius 2 is 2.07 bits per heavy atom. The number of hydrogen-bond acceptors (Lipinski definition) is 2. The second-order valence-corrected chi connectivity index (χ2v) is 3.64. The van der Waals surface area contributed by atoms with Gasteiger partial charge in [-0.25, -0.2) is 0 Å². The Bertz CT molecular complexity index is 514. The lowest BCUT2D eigenvalue weighted by atomic mass is 10.1. The third-order valence-electron chi connectivity index (χ3n) is 2.22. The summed E-state index contributed by atoms with van der Waals surface area (Å²) >= 11 is 0. The molecule has 0 saturated carbocycles. The average molecular weight is 188 g/mol. The Morgan fingerprint density at radius 3 is 2.79 bits per heavy atom. The van der Waals surface area contributed by atoms with Crippen LogP contribution in [0.5, 0.6) is 0 Å². The topological polar surface area (TPSA) is 45.8 Å². The highest BCUT2D eigenvalue weighted by Crippen LogP contribution is 2.19. The van der Waals surface area contributed by atoms with E-state index in [-0.39, 0.29) is 5.56 Å². The molecule has 2 aromatic heterocycles. The van der Waals surface area contributed by atoms with Gasteiger partial charge in [0.15, 0.2) is 0 Å². The molecular formula is C11H12N2O. The third kappa shape index (κ3) is 1.41. The molecule has 3 nitrogen and oxygen atoms in total. The molecule has 0 unspecified atom stereocenters. The molecule has 0 aromatic carbocycles. The van der Waals surface area contributed by atoms with Crippen molar-refractivity contribution >= 4 is 10.9 Å². The Balaban J connectivity index is 2.84. The number of nitrogens with zero attached hydrogens (tertiary/aromatic N) is 1. The summed E-state index contributed by atoms with van der Waals surface area (Å²) in [5.74, 6) is 0.316. The van der Waals surface area contributed by atoms with Crippen LogP contribution in [0.4, 0.5) is 0 Å². The fourth-order valence-electron chi connectivity index (χ4n) is 1.54. The van der Waals surface area contributed by atoms with Crippen LogP contribution < -0.4 is 5.56 Å². The standard InChI is InChI=1S/C11H12N2O/c1-7(2)10-11-8(5-6-12-10)3-4-9(14)13-11/h3-7H,1-2H3,(H,13,14). The summed E-state index contributed by atoms with van der Waals surface area (Å²) in [5, 5.41) is 1.03. The van der Waals surface area contributed by atoms with E-state index in [0.717, 1.165) is 16.6 Å². The predicted molar refractivity (Wildman–Crippen MR) is 56.5 cm³/mol. The van der Waals surface area contributed by atoms with Crippen LogP contribution in [0.1, 0.15) is 25.5 Å². The minimum absolute atomic E-state index is 0.0765. The Morgan fingerprint density at radius 1 is 1.29 bits per heavy atom. The van der Waals surface area contributed by atoms with Crippen molar-refractivity contribution in [1.29, 1.82) is 0 Å². The molecule has 0 aliphatic rings. The molecule has 0 amide bonds. The van der Waals surface area contributed by atoms with Crippen LogP contribution in [0.3, 0.4) is 0 Å². The van der Waals surface area contributed by atoms with Crippen molar-refractivity contribution in [1.82, 2.24) is 9.97 Å². The van der Waals surface area contributed by atoms with Gasteiger partial charge >= 0.3 is 0 Å². The van der Waals surface area contributed by atoms with E-state index in [2.05, 4.69) is 23.8 Å². The summed E-state index contributed by atoms with van der Waals surface area (Å²) in [6, 6.07) is 5.26. The van der Waals surface area contributed by atoms with Crippen LogP contribution in [-0.2, 0) is 0 Å². The summed E-state index contributed by atoms with van der Waals surface area (Å²) < 4.78 is 0. The number of aromatic nitrogens is 2. The molecular weight excluding hydrogens is 176 g/mol. The van der Waals surface area contributed by atoms with Gasteiger partial charge in [-0.2, -0.15) is 0 Å². The maximum absolute atomic E-state index is 11.2. The van der Waals surface area contributed by atoms with Crippen molar-refractivity contribution in [2.24, 2.45) is 0 Å². The van der Waals surface area contributed by atoms with Gasteiger partial charge in [-0.05, 0) is 18.1 Å². The van der Waals surface area contributed by atoms with E-state index >= 15 is 0 Å². The number of nitrogens with one attached hydrogen (secondary N) is 1. The summed E-state index contributed by atoms with van der Waals surface area (Å²) in [4.78, 5) is 18.3. The van der Waals surface area contributed by atoms with Crippen molar-refractivity contribution in [3.05, 3.63) is 40.4 Å². The molecule has 0 aliphatic carbocycles. The zero-order valence-corrected chi connectivity index (χ0v) is 8.24. The van der Waals surface area contributed by atoms with Gasteiger partial charge < -0.3 is 4.98 Å². The van der Waals surface area contributed by atoms with Crippen LogP contribution in [0.2, 0.25) is 0 Å². The van der Waals surface area contributed by atoms with Crippen LogP contribution in [0, 0.1) is 0 Å².